The van der Waals surface area contributed by atoms with Gasteiger partial charge in [0, 0.05) is 18.8 Å². The minimum absolute atomic E-state index is 0.0447. The summed E-state index contributed by atoms with van der Waals surface area (Å²) >= 11 is 5.75. The lowest BCUT2D eigenvalue weighted by atomic mass is 10.3. The third kappa shape index (κ3) is 6.94. The van der Waals surface area contributed by atoms with Gasteiger partial charge < -0.3 is 15.4 Å². The SMILES string of the molecule is CCNC(=NCCOc1ncc(C(F)(F)F)cc1Cl)NC(C)C. The number of rotatable bonds is 6. The molecule has 0 bridgehead atoms. The molecule has 0 saturated heterocycles. The van der Waals surface area contributed by atoms with Crippen LogP contribution in [0.1, 0.15) is 26.3 Å². The van der Waals surface area contributed by atoms with Gasteiger partial charge in [0.1, 0.15) is 11.6 Å². The van der Waals surface area contributed by atoms with Crippen LogP contribution in [0.4, 0.5) is 13.2 Å². The van der Waals surface area contributed by atoms with E-state index in [1.54, 1.807) is 0 Å². The molecule has 0 spiro atoms. The average molecular weight is 353 g/mol. The van der Waals surface area contributed by atoms with E-state index in [1.807, 2.05) is 20.8 Å². The number of aliphatic imine (C=N–C) groups is 1. The number of hydrogen-bond donors (Lipinski definition) is 2. The van der Waals surface area contributed by atoms with Crippen molar-refractivity contribution in [2.45, 2.75) is 33.0 Å². The maximum atomic E-state index is 12.5. The van der Waals surface area contributed by atoms with E-state index < -0.39 is 11.7 Å². The first-order valence-electron chi connectivity index (χ1n) is 7.14. The third-order valence-electron chi connectivity index (χ3n) is 2.50. The topological polar surface area (TPSA) is 58.5 Å². The van der Waals surface area contributed by atoms with Gasteiger partial charge in [-0.05, 0) is 26.8 Å². The first kappa shape index (κ1) is 19.3. The van der Waals surface area contributed by atoms with Gasteiger partial charge in [-0.3, -0.25) is 0 Å². The van der Waals surface area contributed by atoms with Crippen LogP contribution >= 0.6 is 11.6 Å². The molecule has 23 heavy (non-hydrogen) atoms. The highest BCUT2D eigenvalue weighted by atomic mass is 35.5. The van der Waals surface area contributed by atoms with Crippen LogP contribution in [0, 0.1) is 0 Å². The highest BCUT2D eigenvalue weighted by Crippen LogP contribution is 2.32. The summed E-state index contributed by atoms with van der Waals surface area (Å²) in [5.41, 5.74) is -0.913. The van der Waals surface area contributed by atoms with Gasteiger partial charge in [0.2, 0.25) is 5.88 Å². The number of aromatic nitrogens is 1. The minimum atomic E-state index is -4.48. The minimum Gasteiger partial charge on any atom is -0.475 e. The van der Waals surface area contributed by atoms with Crippen LogP contribution in [-0.4, -0.2) is 36.7 Å². The van der Waals surface area contributed by atoms with E-state index in [2.05, 4.69) is 20.6 Å². The zero-order valence-electron chi connectivity index (χ0n) is 13.2. The van der Waals surface area contributed by atoms with Gasteiger partial charge in [-0.15, -0.1) is 0 Å². The molecule has 0 fully saturated rings. The Balaban J connectivity index is 2.58. The fourth-order valence-corrected chi connectivity index (χ4v) is 1.80. The first-order chi connectivity index (χ1) is 10.7. The molecule has 0 amide bonds. The Kier molecular flexibility index (Phi) is 7.41. The molecule has 0 unspecified atom stereocenters. The second-order valence-electron chi connectivity index (χ2n) is 4.92. The van der Waals surface area contributed by atoms with Gasteiger partial charge >= 0.3 is 6.18 Å². The summed E-state index contributed by atoms with van der Waals surface area (Å²) in [6.45, 7) is 7.07. The molecule has 9 heteroatoms. The summed E-state index contributed by atoms with van der Waals surface area (Å²) in [6.07, 6.45) is -3.79. The van der Waals surface area contributed by atoms with Gasteiger partial charge in [0.15, 0.2) is 5.96 Å². The number of nitrogens with zero attached hydrogens (tertiary/aromatic N) is 2. The summed E-state index contributed by atoms with van der Waals surface area (Å²) in [5, 5.41) is 6.01. The molecule has 130 valence electrons. The molecule has 1 aromatic rings. The van der Waals surface area contributed by atoms with Crippen LogP contribution in [-0.2, 0) is 6.18 Å². The Hall–Kier alpha value is -1.70. The summed E-state index contributed by atoms with van der Waals surface area (Å²) in [4.78, 5) is 7.87. The number of guanidine groups is 1. The summed E-state index contributed by atoms with van der Waals surface area (Å²) < 4.78 is 42.8. The van der Waals surface area contributed by atoms with E-state index in [1.165, 1.54) is 0 Å². The van der Waals surface area contributed by atoms with Gasteiger partial charge in [-0.2, -0.15) is 13.2 Å². The van der Waals surface area contributed by atoms with Gasteiger partial charge in [-0.25, -0.2) is 9.98 Å². The number of pyridine rings is 1. The van der Waals surface area contributed by atoms with Crippen molar-refractivity contribution in [2.24, 2.45) is 4.99 Å². The Morgan fingerprint density at radius 3 is 2.65 bits per heavy atom. The number of hydrogen-bond acceptors (Lipinski definition) is 3. The fraction of sp³-hybridized carbons (Fsp3) is 0.571. The molecule has 0 aliphatic rings. The van der Waals surface area contributed by atoms with Crippen molar-refractivity contribution in [3.63, 3.8) is 0 Å². The van der Waals surface area contributed by atoms with Crippen molar-refractivity contribution in [2.75, 3.05) is 19.7 Å². The molecule has 0 aliphatic heterocycles. The molecular weight excluding hydrogens is 333 g/mol. The van der Waals surface area contributed by atoms with Gasteiger partial charge in [0.05, 0.1) is 12.1 Å². The van der Waals surface area contributed by atoms with E-state index in [-0.39, 0.29) is 23.6 Å². The van der Waals surface area contributed by atoms with E-state index >= 15 is 0 Å². The molecule has 0 aliphatic carbocycles. The number of ether oxygens (including phenoxy) is 1. The van der Waals surface area contributed by atoms with Crippen molar-refractivity contribution in [1.29, 1.82) is 0 Å². The zero-order valence-corrected chi connectivity index (χ0v) is 13.9. The predicted molar refractivity (Wildman–Crippen MR) is 84.0 cm³/mol. The summed E-state index contributed by atoms with van der Waals surface area (Å²) in [7, 11) is 0. The Bertz CT molecular complexity index is 535. The Morgan fingerprint density at radius 2 is 2.13 bits per heavy atom. The second-order valence-corrected chi connectivity index (χ2v) is 5.32. The van der Waals surface area contributed by atoms with E-state index in [0.717, 1.165) is 6.07 Å². The van der Waals surface area contributed by atoms with Crippen molar-refractivity contribution in [3.8, 4) is 5.88 Å². The van der Waals surface area contributed by atoms with Crippen LogP contribution in [0.2, 0.25) is 5.02 Å². The van der Waals surface area contributed by atoms with Crippen molar-refractivity contribution >= 4 is 17.6 Å². The van der Waals surface area contributed by atoms with Crippen molar-refractivity contribution in [3.05, 3.63) is 22.8 Å². The third-order valence-corrected chi connectivity index (χ3v) is 2.78. The lowest BCUT2D eigenvalue weighted by Gasteiger charge is -2.14. The van der Waals surface area contributed by atoms with Crippen LogP contribution in [0.25, 0.3) is 0 Å². The molecular formula is C14H20ClF3N4O. The molecule has 0 radical (unpaired) electrons. The molecule has 5 nitrogen and oxygen atoms in total. The quantitative estimate of drug-likeness (QED) is 0.469. The molecule has 0 aromatic carbocycles. The van der Waals surface area contributed by atoms with Gasteiger partial charge in [0.25, 0.3) is 0 Å². The molecule has 1 rings (SSSR count). The number of nitrogens with one attached hydrogen (secondary N) is 2. The number of halogens is 4. The standard InChI is InChI=1S/C14H20ClF3N4O/c1-4-19-13(22-9(2)3)20-5-6-23-12-11(15)7-10(8-21-12)14(16,17)18/h7-9H,4-6H2,1-3H3,(H2,19,20,22). The van der Waals surface area contributed by atoms with Crippen molar-refractivity contribution in [1.82, 2.24) is 15.6 Å². The fourth-order valence-electron chi connectivity index (χ4n) is 1.58. The highest BCUT2D eigenvalue weighted by Gasteiger charge is 2.31. The molecule has 0 atom stereocenters. The maximum absolute atomic E-state index is 12.5. The maximum Gasteiger partial charge on any atom is 0.417 e. The predicted octanol–water partition coefficient (Wildman–Crippen LogP) is 3.10. The van der Waals surface area contributed by atoms with E-state index in [0.29, 0.717) is 25.2 Å². The van der Waals surface area contributed by atoms with Crippen LogP contribution in [0.3, 0.4) is 0 Å². The lowest BCUT2D eigenvalue weighted by molar-refractivity contribution is -0.137. The smallest absolute Gasteiger partial charge is 0.417 e. The highest BCUT2D eigenvalue weighted by molar-refractivity contribution is 6.31. The van der Waals surface area contributed by atoms with Crippen LogP contribution in [0.15, 0.2) is 17.3 Å². The Labute approximate surface area is 138 Å². The summed E-state index contributed by atoms with van der Waals surface area (Å²) in [6, 6.07) is 1.01. The zero-order chi connectivity index (χ0) is 17.5. The van der Waals surface area contributed by atoms with E-state index in [4.69, 9.17) is 16.3 Å². The largest absolute Gasteiger partial charge is 0.475 e. The normalized spacial score (nSPS) is 12.4. The van der Waals surface area contributed by atoms with Crippen LogP contribution in [0.5, 0.6) is 5.88 Å². The molecule has 1 heterocycles. The first-order valence-corrected chi connectivity index (χ1v) is 7.52. The van der Waals surface area contributed by atoms with Gasteiger partial charge in [-0.1, -0.05) is 11.6 Å². The monoisotopic (exact) mass is 352 g/mol. The number of alkyl halides is 3. The van der Waals surface area contributed by atoms with Crippen molar-refractivity contribution < 1.29 is 17.9 Å². The lowest BCUT2D eigenvalue weighted by Crippen LogP contribution is -2.41. The average Bonchev–Trinajstić information content (AvgIpc) is 2.43. The Morgan fingerprint density at radius 1 is 1.43 bits per heavy atom. The molecule has 0 saturated carbocycles. The van der Waals surface area contributed by atoms with Crippen LogP contribution < -0.4 is 15.4 Å². The summed E-state index contributed by atoms with van der Waals surface area (Å²) in [5.74, 6) is 0.592. The molecule has 2 N–H and O–H groups in total. The molecule has 1 aromatic heterocycles. The second kappa shape index (κ2) is 8.81. The van der Waals surface area contributed by atoms with E-state index in [9.17, 15) is 13.2 Å².